The number of nitrogens with zero attached hydrogens (tertiary/aromatic N) is 3. The van der Waals surface area contributed by atoms with Crippen molar-refractivity contribution in [1.29, 1.82) is 0 Å². The van der Waals surface area contributed by atoms with Crippen molar-refractivity contribution in [2.45, 2.75) is 19.4 Å². The average Bonchev–Trinajstić information content (AvgIpc) is 3.12. The van der Waals surface area contributed by atoms with Gasteiger partial charge in [0.05, 0.1) is 15.6 Å². The van der Waals surface area contributed by atoms with Crippen LogP contribution in [0.15, 0.2) is 42.9 Å². The third-order valence-corrected chi connectivity index (χ3v) is 5.13. The van der Waals surface area contributed by atoms with Gasteiger partial charge < -0.3 is 15.2 Å². The molecule has 0 aliphatic carbocycles. The summed E-state index contributed by atoms with van der Waals surface area (Å²) in [5, 5.41) is 8.32. The molecule has 3 N–H and O–H groups in total. The molecular weight excluding hydrogens is 470 g/mol. The number of rotatable bonds is 5. The van der Waals surface area contributed by atoms with Gasteiger partial charge in [-0.25, -0.2) is 4.98 Å². The summed E-state index contributed by atoms with van der Waals surface area (Å²) in [7, 11) is 0. The van der Waals surface area contributed by atoms with Crippen molar-refractivity contribution in [2.75, 3.05) is 5.73 Å². The molecule has 1 atom stereocenters. The first-order valence-electron chi connectivity index (χ1n) is 9.07. The Hall–Kier alpha value is -3.24. The number of aromatic nitrogens is 4. The number of nitrogens with one attached hydrogen (secondary N) is 1. The van der Waals surface area contributed by atoms with Crippen LogP contribution in [0.4, 0.5) is 19.0 Å². The molecule has 0 saturated carbocycles. The maximum atomic E-state index is 12.7. The van der Waals surface area contributed by atoms with Gasteiger partial charge in [0.1, 0.15) is 17.5 Å². The summed E-state index contributed by atoms with van der Waals surface area (Å²) >= 11 is 12.4. The van der Waals surface area contributed by atoms with E-state index in [1.54, 1.807) is 25.1 Å². The lowest BCUT2D eigenvalue weighted by molar-refractivity contribution is -0.274. The van der Waals surface area contributed by atoms with Crippen LogP contribution in [-0.2, 0) is 0 Å². The Morgan fingerprint density at radius 3 is 2.50 bits per heavy atom. The molecule has 0 aliphatic heterocycles. The van der Waals surface area contributed by atoms with Crippen LogP contribution in [0.1, 0.15) is 18.6 Å². The summed E-state index contributed by atoms with van der Waals surface area (Å²) in [5.74, 6) is -0.546. The van der Waals surface area contributed by atoms with Gasteiger partial charge in [0.15, 0.2) is 11.6 Å². The first-order valence-corrected chi connectivity index (χ1v) is 9.83. The molecule has 1 aromatic carbocycles. The zero-order chi connectivity index (χ0) is 23.0. The van der Waals surface area contributed by atoms with Crippen LogP contribution < -0.4 is 15.2 Å². The number of benzene rings is 1. The number of ether oxygens (including phenoxy) is 2. The summed E-state index contributed by atoms with van der Waals surface area (Å²) in [5.41, 5.74) is 7.34. The van der Waals surface area contributed by atoms with Gasteiger partial charge in [-0.3, -0.25) is 10.1 Å². The Morgan fingerprint density at radius 2 is 1.81 bits per heavy atom. The summed E-state index contributed by atoms with van der Waals surface area (Å²) in [4.78, 5) is 7.71. The standard InChI is InChI=1S/C20H14Cl2F3N5O2/c1-9(17-13(21)7-27-8-14(17)22)31-11-2-3-15-12(5-11)18(30-29-15)10-4-16(19(26)28-6-10)32-20(23,24)25/h2-9H,1H3,(H2,26,28)(H,29,30)/t9-/m1/s1. The number of alkyl halides is 3. The second-order valence-corrected chi connectivity index (χ2v) is 7.53. The molecule has 7 nitrogen and oxygen atoms in total. The van der Waals surface area contributed by atoms with Crippen molar-refractivity contribution in [2.24, 2.45) is 0 Å². The van der Waals surface area contributed by atoms with E-state index < -0.39 is 24.0 Å². The maximum absolute atomic E-state index is 12.7. The monoisotopic (exact) mass is 483 g/mol. The Kier molecular flexibility index (Phi) is 5.74. The smallest absolute Gasteiger partial charge is 0.486 e. The topological polar surface area (TPSA) is 98.9 Å². The van der Waals surface area contributed by atoms with Crippen molar-refractivity contribution in [3.63, 3.8) is 0 Å². The van der Waals surface area contributed by atoms with Crippen LogP contribution >= 0.6 is 23.2 Å². The highest BCUT2D eigenvalue weighted by Crippen LogP contribution is 2.36. The number of halogens is 5. The van der Waals surface area contributed by atoms with Gasteiger partial charge in [0.25, 0.3) is 0 Å². The summed E-state index contributed by atoms with van der Waals surface area (Å²) < 4.78 is 47.9. The lowest BCUT2D eigenvalue weighted by Crippen LogP contribution is -2.18. The number of hydrogen-bond donors (Lipinski definition) is 2. The fraction of sp³-hybridized carbons (Fsp3) is 0.150. The predicted octanol–water partition coefficient (Wildman–Crippen LogP) is 5.95. The van der Waals surface area contributed by atoms with Crippen molar-refractivity contribution >= 4 is 39.9 Å². The molecular formula is C20H14Cl2F3N5O2. The Bertz CT molecular complexity index is 1280. The molecule has 0 aliphatic rings. The van der Waals surface area contributed by atoms with E-state index in [-0.39, 0.29) is 5.56 Å². The van der Waals surface area contributed by atoms with Crippen molar-refractivity contribution < 1.29 is 22.6 Å². The predicted molar refractivity (Wildman–Crippen MR) is 114 cm³/mol. The first-order chi connectivity index (χ1) is 15.1. The minimum absolute atomic E-state index is 0.273. The SMILES string of the molecule is C[C@@H](Oc1ccc2[nH]nc(-c3cnc(N)c(OC(F)(F)F)c3)c2c1)c1c(Cl)cncc1Cl. The molecule has 12 heteroatoms. The van der Waals surface area contributed by atoms with E-state index in [9.17, 15) is 13.2 Å². The number of nitrogen functional groups attached to an aromatic ring is 1. The van der Waals surface area contributed by atoms with Gasteiger partial charge in [-0.15, -0.1) is 13.2 Å². The molecule has 0 unspecified atom stereocenters. The minimum Gasteiger partial charge on any atom is -0.486 e. The molecule has 166 valence electrons. The average molecular weight is 484 g/mol. The molecule has 0 spiro atoms. The number of H-pyrrole nitrogens is 1. The normalized spacial score (nSPS) is 12.7. The number of anilines is 1. The molecule has 4 aromatic rings. The van der Waals surface area contributed by atoms with Gasteiger partial charge in [-0.1, -0.05) is 23.2 Å². The van der Waals surface area contributed by atoms with Crippen LogP contribution in [0.2, 0.25) is 10.0 Å². The van der Waals surface area contributed by atoms with Crippen LogP contribution in [0.25, 0.3) is 22.2 Å². The zero-order valence-corrected chi connectivity index (χ0v) is 17.8. The van der Waals surface area contributed by atoms with Crippen LogP contribution in [0.3, 0.4) is 0 Å². The summed E-state index contributed by atoms with van der Waals surface area (Å²) in [6.45, 7) is 1.78. The Morgan fingerprint density at radius 1 is 1.09 bits per heavy atom. The molecule has 3 aromatic heterocycles. The summed E-state index contributed by atoms with van der Waals surface area (Å²) in [6.07, 6.45) is -1.17. The fourth-order valence-corrected chi connectivity index (χ4v) is 3.82. The second kappa shape index (κ2) is 8.36. The van der Waals surface area contributed by atoms with Crippen LogP contribution in [0.5, 0.6) is 11.5 Å². The fourth-order valence-electron chi connectivity index (χ4n) is 3.15. The lowest BCUT2D eigenvalue weighted by atomic mass is 10.1. The maximum Gasteiger partial charge on any atom is 0.573 e. The zero-order valence-electron chi connectivity index (χ0n) is 16.2. The van der Waals surface area contributed by atoms with E-state index in [0.717, 1.165) is 6.07 Å². The molecule has 0 amide bonds. The number of hydrogen-bond acceptors (Lipinski definition) is 6. The van der Waals surface area contributed by atoms with Gasteiger partial charge in [-0.2, -0.15) is 5.10 Å². The van der Waals surface area contributed by atoms with E-state index >= 15 is 0 Å². The van der Waals surface area contributed by atoms with Crippen molar-refractivity contribution in [1.82, 2.24) is 20.2 Å². The van der Waals surface area contributed by atoms with Gasteiger partial charge >= 0.3 is 6.36 Å². The Labute approximate surface area is 189 Å². The van der Waals surface area contributed by atoms with E-state index in [4.69, 9.17) is 33.7 Å². The van der Waals surface area contributed by atoms with E-state index in [1.165, 1.54) is 18.6 Å². The highest BCUT2D eigenvalue weighted by Gasteiger charge is 2.32. The quantitative estimate of drug-likeness (QED) is 0.364. The van der Waals surface area contributed by atoms with Gasteiger partial charge in [0.2, 0.25) is 0 Å². The van der Waals surface area contributed by atoms with Gasteiger partial charge in [-0.05, 0) is 31.2 Å². The van der Waals surface area contributed by atoms with Crippen LogP contribution in [0, 0.1) is 0 Å². The number of nitrogens with two attached hydrogens (primary N) is 1. The van der Waals surface area contributed by atoms with E-state index in [0.29, 0.717) is 38.0 Å². The molecule has 0 saturated heterocycles. The van der Waals surface area contributed by atoms with Crippen LogP contribution in [-0.4, -0.2) is 26.5 Å². The number of pyridine rings is 2. The number of fused-ring (bicyclic) bond motifs is 1. The van der Waals surface area contributed by atoms with Crippen molar-refractivity contribution in [3.8, 4) is 22.8 Å². The third-order valence-electron chi connectivity index (χ3n) is 4.52. The summed E-state index contributed by atoms with van der Waals surface area (Å²) in [6, 6.07) is 6.25. The molecule has 4 rings (SSSR count). The highest BCUT2D eigenvalue weighted by molar-refractivity contribution is 6.35. The van der Waals surface area contributed by atoms with Crippen molar-refractivity contribution in [3.05, 3.63) is 58.5 Å². The molecule has 0 bridgehead atoms. The first kappa shape index (κ1) is 22.0. The largest absolute Gasteiger partial charge is 0.573 e. The van der Waals surface area contributed by atoms with E-state index in [1.807, 2.05) is 0 Å². The molecule has 0 fully saturated rings. The molecule has 0 radical (unpaired) electrons. The molecule has 32 heavy (non-hydrogen) atoms. The van der Waals surface area contributed by atoms with Gasteiger partial charge in [0, 0.05) is 35.1 Å². The minimum atomic E-state index is -4.91. The van der Waals surface area contributed by atoms with E-state index in [2.05, 4.69) is 24.9 Å². The molecule has 3 heterocycles. The highest BCUT2D eigenvalue weighted by atomic mass is 35.5. The third kappa shape index (κ3) is 4.51. The Balaban J connectivity index is 1.69. The second-order valence-electron chi connectivity index (χ2n) is 6.71. The number of aromatic amines is 1. The lowest BCUT2D eigenvalue weighted by Gasteiger charge is -2.17.